The Labute approximate surface area is 129 Å². The fourth-order valence-electron chi connectivity index (χ4n) is 2.83. The molecule has 0 spiro atoms. The van der Waals surface area contributed by atoms with Crippen LogP contribution < -0.4 is 4.90 Å². The number of rotatable bonds is 4. The van der Waals surface area contributed by atoms with Gasteiger partial charge in [0.15, 0.2) is 10.8 Å². The first-order chi connectivity index (χ1) is 9.74. The monoisotopic (exact) mass is 312 g/mol. The van der Waals surface area contributed by atoms with Gasteiger partial charge in [0.25, 0.3) is 0 Å². The van der Waals surface area contributed by atoms with Gasteiger partial charge >= 0.3 is 0 Å². The lowest BCUT2D eigenvalue weighted by molar-refractivity contribution is 0.192. The Bertz CT molecular complexity index is 571. The van der Waals surface area contributed by atoms with Crippen LogP contribution in [0.4, 0.5) is 5.82 Å². The number of anilines is 1. The highest BCUT2D eigenvalue weighted by Crippen LogP contribution is 2.27. The second-order valence-electron chi connectivity index (χ2n) is 5.35. The summed E-state index contributed by atoms with van der Waals surface area (Å²) < 4.78 is 2.12. The van der Waals surface area contributed by atoms with E-state index in [4.69, 9.17) is 16.6 Å². The number of halogens is 1. The topological polar surface area (TPSA) is 23.8 Å². The van der Waals surface area contributed by atoms with E-state index in [1.54, 1.807) is 11.3 Å². The van der Waals surface area contributed by atoms with E-state index in [1.807, 2.05) is 0 Å². The second-order valence-corrected chi connectivity index (χ2v) is 6.49. The van der Waals surface area contributed by atoms with Crippen LogP contribution in [-0.4, -0.2) is 46.5 Å². The smallest absolute Gasteiger partial charge is 0.195 e. The van der Waals surface area contributed by atoms with Gasteiger partial charge in [-0.15, -0.1) is 22.9 Å². The van der Waals surface area contributed by atoms with E-state index in [0.717, 1.165) is 42.7 Å². The SMILES string of the molecule is CCC(C)N1CCN(c2nc3sccn3c2CCl)CC1. The molecule has 4 nitrogen and oxygen atoms in total. The van der Waals surface area contributed by atoms with Crippen LogP contribution in [0.15, 0.2) is 11.6 Å². The minimum absolute atomic E-state index is 0.513. The van der Waals surface area contributed by atoms with Crippen LogP contribution in [0.2, 0.25) is 0 Å². The van der Waals surface area contributed by atoms with E-state index in [2.05, 4.69) is 39.6 Å². The van der Waals surface area contributed by atoms with Gasteiger partial charge in [-0.05, 0) is 13.3 Å². The Morgan fingerprint density at radius 3 is 2.75 bits per heavy atom. The van der Waals surface area contributed by atoms with Gasteiger partial charge in [-0.1, -0.05) is 6.92 Å². The molecule has 1 unspecified atom stereocenters. The zero-order valence-electron chi connectivity index (χ0n) is 12.0. The van der Waals surface area contributed by atoms with Crippen LogP contribution in [0.3, 0.4) is 0 Å². The highest BCUT2D eigenvalue weighted by atomic mass is 35.5. The van der Waals surface area contributed by atoms with Gasteiger partial charge in [-0.3, -0.25) is 9.30 Å². The first kappa shape index (κ1) is 14.2. The van der Waals surface area contributed by atoms with E-state index in [9.17, 15) is 0 Å². The van der Waals surface area contributed by atoms with Crippen molar-refractivity contribution in [1.82, 2.24) is 14.3 Å². The van der Waals surface area contributed by atoms with Gasteiger partial charge in [-0.2, -0.15) is 0 Å². The molecule has 1 aliphatic heterocycles. The van der Waals surface area contributed by atoms with Crippen molar-refractivity contribution >= 4 is 33.7 Å². The van der Waals surface area contributed by atoms with Crippen molar-refractivity contribution in [3.8, 4) is 0 Å². The first-order valence-electron chi connectivity index (χ1n) is 7.24. The normalized spacial score (nSPS) is 18.9. The lowest BCUT2D eigenvalue weighted by Gasteiger charge is -2.38. The predicted molar refractivity (Wildman–Crippen MR) is 86.2 cm³/mol. The molecule has 1 aliphatic rings. The summed E-state index contributed by atoms with van der Waals surface area (Å²) in [6, 6.07) is 0.676. The molecule has 0 N–H and O–H groups in total. The molecule has 3 heterocycles. The zero-order valence-corrected chi connectivity index (χ0v) is 13.6. The van der Waals surface area contributed by atoms with Crippen molar-refractivity contribution in [3.05, 3.63) is 17.3 Å². The lowest BCUT2D eigenvalue weighted by atomic mass is 10.2. The maximum absolute atomic E-state index is 6.14. The van der Waals surface area contributed by atoms with Gasteiger partial charge in [0, 0.05) is 43.8 Å². The van der Waals surface area contributed by atoms with Crippen LogP contribution in [0.5, 0.6) is 0 Å². The Hall–Kier alpha value is -0.780. The molecule has 3 rings (SSSR count). The molecule has 2 aromatic rings. The van der Waals surface area contributed by atoms with Crippen molar-refractivity contribution in [2.24, 2.45) is 0 Å². The maximum atomic E-state index is 6.14. The summed E-state index contributed by atoms with van der Waals surface area (Å²) >= 11 is 7.80. The lowest BCUT2D eigenvalue weighted by Crippen LogP contribution is -2.49. The summed E-state index contributed by atoms with van der Waals surface area (Å²) in [6.07, 6.45) is 3.27. The van der Waals surface area contributed by atoms with E-state index in [1.165, 1.54) is 6.42 Å². The molecular weight excluding hydrogens is 292 g/mol. The second kappa shape index (κ2) is 5.92. The summed E-state index contributed by atoms with van der Waals surface area (Å²) in [5.41, 5.74) is 1.12. The van der Waals surface area contributed by atoms with Gasteiger partial charge in [0.2, 0.25) is 0 Å². The molecule has 6 heteroatoms. The fraction of sp³-hybridized carbons (Fsp3) is 0.643. The van der Waals surface area contributed by atoms with E-state index in [-0.39, 0.29) is 0 Å². The Morgan fingerprint density at radius 1 is 1.35 bits per heavy atom. The van der Waals surface area contributed by atoms with Crippen molar-refractivity contribution in [3.63, 3.8) is 0 Å². The summed E-state index contributed by atoms with van der Waals surface area (Å²) in [5.74, 6) is 1.59. The molecule has 0 aromatic carbocycles. The number of aromatic nitrogens is 2. The van der Waals surface area contributed by atoms with Crippen molar-refractivity contribution in [2.75, 3.05) is 31.1 Å². The highest BCUT2D eigenvalue weighted by Gasteiger charge is 2.24. The molecule has 0 amide bonds. The number of hydrogen-bond donors (Lipinski definition) is 0. The standard InChI is InChI=1S/C14H21ClN4S/c1-3-11(2)17-4-6-18(7-5-17)13-12(10-15)19-8-9-20-14(19)16-13/h8-9,11H,3-7,10H2,1-2H3. The van der Waals surface area contributed by atoms with Crippen molar-refractivity contribution < 1.29 is 0 Å². The number of imidazole rings is 1. The number of nitrogens with zero attached hydrogens (tertiary/aromatic N) is 4. The van der Waals surface area contributed by atoms with Crippen LogP contribution in [0.25, 0.3) is 4.96 Å². The largest absolute Gasteiger partial charge is 0.352 e. The molecule has 20 heavy (non-hydrogen) atoms. The molecule has 1 atom stereocenters. The van der Waals surface area contributed by atoms with Crippen LogP contribution >= 0.6 is 22.9 Å². The van der Waals surface area contributed by atoms with Gasteiger partial charge in [0.05, 0.1) is 11.6 Å². The van der Waals surface area contributed by atoms with Gasteiger partial charge in [-0.25, -0.2) is 4.98 Å². The van der Waals surface area contributed by atoms with Crippen LogP contribution in [0.1, 0.15) is 26.0 Å². The van der Waals surface area contributed by atoms with Gasteiger partial charge < -0.3 is 4.90 Å². The summed E-state index contributed by atoms with van der Waals surface area (Å²) in [5, 5.41) is 2.06. The molecule has 0 radical (unpaired) electrons. The summed E-state index contributed by atoms with van der Waals surface area (Å²) in [4.78, 5) is 10.8. The molecule has 110 valence electrons. The van der Waals surface area contributed by atoms with Crippen LogP contribution in [0, 0.1) is 0 Å². The number of thiazole rings is 1. The van der Waals surface area contributed by atoms with E-state index in [0.29, 0.717) is 11.9 Å². The van der Waals surface area contributed by atoms with E-state index < -0.39 is 0 Å². The number of alkyl halides is 1. The fourth-order valence-corrected chi connectivity index (χ4v) is 3.81. The molecular formula is C14H21ClN4S. The minimum atomic E-state index is 0.513. The third-order valence-electron chi connectivity index (χ3n) is 4.29. The molecule has 0 saturated carbocycles. The summed E-state index contributed by atoms with van der Waals surface area (Å²) in [7, 11) is 0. The Balaban J connectivity index is 1.78. The molecule has 0 bridgehead atoms. The molecule has 1 saturated heterocycles. The predicted octanol–water partition coefficient (Wildman–Crippen LogP) is 3.06. The molecule has 1 fully saturated rings. The van der Waals surface area contributed by atoms with E-state index >= 15 is 0 Å². The Morgan fingerprint density at radius 2 is 2.10 bits per heavy atom. The third-order valence-corrected chi connectivity index (χ3v) is 5.30. The first-order valence-corrected chi connectivity index (χ1v) is 8.65. The average molecular weight is 313 g/mol. The quantitative estimate of drug-likeness (QED) is 0.811. The van der Waals surface area contributed by atoms with Crippen molar-refractivity contribution in [2.45, 2.75) is 32.2 Å². The third kappa shape index (κ3) is 2.43. The van der Waals surface area contributed by atoms with Crippen LogP contribution in [-0.2, 0) is 5.88 Å². The highest BCUT2D eigenvalue weighted by molar-refractivity contribution is 7.15. The average Bonchev–Trinajstić information content (AvgIpc) is 3.06. The number of piperazine rings is 1. The summed E-state index contributed by atoms with van der Waals surface area (Å²) in [6.45, 7) is 8.88. The number of hydrogen-bond acceptors (Lipinski definition) is 4. The zero-order chi connectivity index (χ0) is 14.1. The minimum Gasteiger partial charge on any atom is -0.352 e. The Kier molecular flexibility index (Phi) is 4.19. The van der Waals surface area contributed by atoms with Crippen molar-refractivity contribution in [1.29, 1.82) is 0 Å². The molecule has 0 aliphatic carbocycles. The molecule has 2 aromatic heterocycles. The number of fused-ring (bicyclic) bond motifs is 1. The van der Waals surface area contributed by atoms with Gasteiger partial charge in [0.1, 0.15) is 0 Å². The maximum Gasteiger partial charge on any atom is 0.195 e.